The molecule has 2 heterocycles. The van der Waals surface area contributed by atoms with Crippen molar-refractivity contribution in [3.8, 4) is 6.07 Å². The van der Waals surface area contributed by atoms with Crippen molar-refractivity contribution in [1.29, 1.82) is 5.26 Å². The average molecular weight is 261 g/mol. The van der Waals surface area contributed by atoms with E-state index in [-0.39, 0.29) is 0 Å². The molecular formula is C14H23N5. The van der Waals surface area contributed by atoms with Gasteiger partial charge in [-0.3, -0.25) is 0 Å². The lowest BCUT2D eigenvalue weighted by Gasteiger charge is -2.35. The van der Waals surface area contributed by atoms with Crippen molar-refractivity contribution >= 4 is 11.5 Å². The molecule has 1 aliphatic heterocycles. The van der Waals surface area contributed by atoms with Gasteiger partial charge < -0.3 is 20.1 Å². The number of aromatic nitrogens is 1. The number of piperazine rings is 1. The fourth-order valence-corrected chi connectivity index (χ4v) is 2.57. The predicted octanol–water partition coefficient (Wildman–Crippen LogP) is 1.35. The first kappa shape index (κ1) is 13.8. The quantitative estimate of drug-likeness (QED) is 0.892. The molecule has 104 valence electrons. The molecular weight excluding hydrogens is 238 g/mol. The van der Waals surface area contributed by atoms with Crippen LogP contribution in [0.3, 0.4) is 0 Å². The highest BCUT2D eigenvalue weighted by atomic mass is 15.3. The summed E-state index contributed by atoms with van der Waals surface area (Å²) in [6.07, 6.45) is 0. The predicted molar refractivity (Wildman–Crippen MR) is 78.1 cm³/mol. The van der Waals surface area contributed by atoms with Crippen LogP contribution in [-0.2, 0) is 6.54 Å². The maximum Gasteiger partial charge on any atom is 0.133 e. The van der Waals surface area contributed by atoms with E-state index in [4.69, 9.17) is 5.73 Å². The number of nitrogens with two attached hydrogens (primary N) is 1. The highest BCUT2D eigenvalue weighted by Crippen LogP contribution is 2.29. The zero-order valence-corrected chi connectivity index (χ0v) is 12.1. The number of hydrogen-bond acceptors (Lipinski definition) is 4. The highest BCUT2D eigenvalue weighted by Gasteiger charge is 2.22. The third-order valence-electron chi connectivity index (χ3n) is 3.56. The van der Waals surface area contributed by atoms with Gasteiger partial charge in [0.1, 0.15) is 17.6 Å². The van der Waals surface area contributed by atoms with E-state index in [2.05, 4.69) is 41.3 Å². The molecule has 19 heavy (non-hydrogen) atoms. The molecule has 5 heteroatoms. The Labute approximate surface area is 115 Å². The summed E-state index contributed by atoms with van der Waals surface area (Å²) in [5.74, 6) is 1.52. The van der Waals surface area contributed by atoms with Crippen LogP contribution in [0.5, 0.6) is 0 Å². The summed E-state index contributed by atoms with van der Waals surface area (Å²) >= 11 is 0. The summed E-state index contributed by atoms with van der Waals surface area (Å²) in [6, 6.07) is 4.06. The van der Waals surface area contributed by atoms with Crippen molar-refractivity contribution in [1.82, 2.24) is 9.47 Å². The first-order valence-electron chi connectivity index (χ1n) is 6.85. The fourth-order valence-electron chi connectivity index (χ4n) is 2.57. The van der Waals surface area contributed by atoms with Crippen LogP contribution in [0.1, 0.15) is 19.5 Å². The summed E-state index contributed by atoms with van der Waals surface area (Å²) in [5.41, 5.74) is 7.52. The van der Waals surface area contributed by atoms with Gasteiger partial charge in [0.05, 0.1) is 5.69 Å². The number of hydrogen-bond donors (Lipinski definition) is 1. The van der Waals surface area contributed by atoms with Crippen molar-refractivity contribution in [2.45, 2.75) is 20.4 Å². The minimum absolute atomic E-state index is 0.491. The van der Waals surface area contributed by atoms with Crippen LogP contribution in [0.4, 0.5) is 11.5 Å². The number of nitriles is 1. The van der Waals surface area contributed by atoms with Crippen molar-refractivity contribution in [3.05, 3.63) is 11.8 Å². The summed E-state index contributed by atoms with van der Waals surface area (Å²) in [7, 11) is 2.13. The zero-order chi connectivity index (χ0) is 14.0. The summed E-state index contributed by atoms with van der Waals surface area (Å²) in [5, 5.41) is 9.26. The van der Waals surface area contributed by atoms with E-state index < -0.39 is 0 Å². The molecule has 5 nitrogen and oxygen atoms in total. The monoisotopic (exact) mass is 261 g/mol. The van der Waals surface area contributed by atoms with Gasteiger partial charge in [0.25, 0.3) is 0 Å². The van der Waals surface area contributed by atoms with E-state index in [0.717, 1.165) is 44.2 Å². The lowest BCUT2D eigenvalue weighted by atomic mass is 10.2. The van der Waals surface area contributed by atoms with Crippen molar-refractivity contribution < 1.29 is 0 Å². The molecule has 0 radical (unpaired) electrons. The Balaban J connectivity index is 2.33. The smallest absolute Gasteiger partial charge is 0.133 e. The maximum atomic E-state index is 9.26. The first-order valence-corrected chi connectivity index (χ1v) is 6.85. The molecule has 1 aliphatic rings. The highest BCUT2D eigenvalue weighted by molar-refractivity contribution is 5.68. The summed E-state index contributed by atoms with van der Waals surface area (Å²) in [4.78, 5) is 4.62. The molecule has 0 aliphatic carbocycles. The molecule has 1 saturated heterocycles. The van der Waals surface area contributed by atoms with Crippen molar-refractivity contribution in [3.63, 3.8) is 0 Å². The number of likely N-dealkylation sites (N-methyl/N-ethyl adjacent to an activating group) is 1. The van der Waals surface area contributed by atoms with Gasteiger partial charge in [-0.1, -0.05) is 13.8 Å². The Morgan fingerprint density at radius 3 is 2.47 bits per heavy atom. The molecule has 1 aromatic rings. The van der Waals surface area contributed by atoms with E-state index in [9.17, 15) is 5.26 Å². The van der Waals surface area contributed by atoms with Crippen LogP contribution in [0, 0.1) is 17.2 Å². The van der Waals surface area contributed by atoms with Crippen LogP contribution < -0.4 is 10.6 Å². The van der Waals surface area contributed by atoms with Gasteiger partial charge >= 0.3 is 0 Å². The number of nitrogens with zero attached hydrogens (tertiary/aromatic N) is 4. The molecule has 0 atom stereocenters. The Hall–Kier alpha value is -1.67. The van der Waals surface area contributed by atoms with Gasteiger partial charge in [0, 0.05) is 32.7 Å². The second-order valence-corrected chi connectivity index (χ2v) is 5.72. The van der Waals surface area contributed by atoms with Crippen LogP contribution in [0.15, 0.2) is 6.07 Å². The Morgan fingerprint density at radius 2 is 1.95 bits per heavy atom. The number of rotatable bonds is 3. The Morgan fingerprint density at radius 1 is 1.32 bits per heavy atom. The lowest BCUT2D eigenvalue weighted by molar-refractivity contribution is 0.310. The standard InChI is InChI=1S/C14H23N5/c1-11(2)10-19-12(9-15)8-13(16)14(19)18-6-4-17(3)5-7-18/h8,11H,4-7,10,16H2,1-3H3. The fraction of sp³-hybridized carbons (Fsp3) is 0.643. The van der Waals surface area contributed by atoms with Crippen molar-refractivity contribution in [2.24, 2.45) is 5.92 Å². The van der Waals surface area contributed by atoms with E-state index in [1.54, 1.807) is 6.07 Å². The molecule has 2 rings (SSSR count). The van der Waals surface area contributed by atoms with Crippen LogP contribution in [0.25, 0.3) is 0 Å². The second-order valence-electron chi connectivity index (χ2n) is 5.72. The lowest BCUT2D eigenvalue weighted by Crippen LogP contribution is -2.45. The van der Waals surface area contributed by atoms with Gasteiger partial charge in [-0.2, -0.15) is 5.26 Å². The van der Waals surface area contributed by atoms with E-state index in [0.29, 0.717) is 11.6 Å². The molecule has 0 spiro atoms. The molecule has 0 aromatic carbocycles. The molecule has 1 fully saturated rings. The third-order valence-corrected chi connectivity index (χ3v) is 3.56. The van der Waals surface area contributed by atoms with Gasteiger partial charge in [0.15, 0.2) is 0 Å². The van der Waals surface area contributed by atoms with Crippen LogP contribution in [-0.4, -0.2) is 42.7 Å². The largest absolute Gasteiger partial charge is 0.396 e. The maximum absolute atomic E-state index is 9.26. The van der Waals surface area contributed by atoms with Gasteiger partial charge in [-0.05, 0) is 19.0 Å². The Bertz CT molecular complexity index is 475. The third kappa shape index (κ3) is 2.85. The first-order chi connectivity index (χ1) is 9.02. The van der Waals surface area contributed by atoms with Gasteiger partial charge in [-0.25, -0.2) is 0 Å². The minimum Gasteiger partial charge on any atom is -0.396 e. The summed E-state index contributed by atoms with van der Waals surface area (Å²) < 4.78 is 2.07. The van der Waals surface area contributed by atoms with E-state index >= 15 is 0 Å². The topological polar surface area (TPSA) is 61.2 Å². The second kappa shape index (κ2) is 5.54. The normalized spacial score (nSPS) is 16.9. The zero-order valence-electron chi connectivity index (χ0n) is 12.1. The number of anilines is 2. The molecule has 0 saturated carbocycles. The van der Waals surface area contributed by atoms with Crippen LogP contribution >= 0.6 is 0 Å². The SMILES string of the molecule is CC(C)Cn1c(C#N)cc(N)c1N1CCN(C)CC1. The minimum atomic E-state index is 0.491. The molecule has 1 aromatic heterocycles. The molecule has 0 amide bonds. The van der Waals surface area contributed by atoms with Crippen LogP contribution in [0.2, 0.25) is 0 Å². The van der Waals surface area contributed by atoms with E-state index in [1.165, 1.54) is 0 Å². The van der Waals surface area contributed by atoms with Gasteiger partial charge in [0.2, 0.25) is 0 Å². The molecule has 0 bridgehead atoms. The average Bonchev–Trinajstić information content (AvgIpc) is 2.66. The number of nitrogen functional groups attached to an aromatic ring is 1. The summed E-state index contributed by atoms with van der Waals surface area (Å²) in [6.45, 7) is 9.15. The van der Waals surface area contributed by atoms with Gasteiger partial charge in [-0.15, -0.1) is 0 Å². The van der Waals surface area contributed by atoms with Crippen molar-refractivity contribution in [2.75, 3.05) is 43.9 Å². The molecule has 0 unspecified atom stereocenters. The molecule has 2 N–H and O–H groups in total. The van der Waals surface area contributed by atoms with E-state index in [1.807, 2.05) is 0 Å². The Kier molecular flexibility index (Phi) is 4.01.